The second kappa shape index (κ2) is 7.22. The summed E-state index contributed by atoms with van der Waals surface area (Å²) in [7, 11) is 2.97. The first kappa shape index (κ1) is 19.2. The van der Waals surface area contributed by atoms with Crippen molar-refractivity contribution in [3.63, 3.8) is 0 Å². The van der Waals surface area contributed by atoms with Gasteiger partial charge in [-0.1, -0.05) is 11.2 Å². The molecule has 4 amide bonds. The lowest BCUT2D eigenvalue weighted by Crippen LogP contribution is -2.42. The van der Waals surface area contributed by atoms with Gasteiger partial charge in [-0.15, -0.1) is 0 Å². The molecule has 2 N–H and O–H groups in total. The highest BCUT2D eigenvalue weighted by Gasteiger charge is 2.49. The van der Waals surface area contributed by atoms with Crippen molar-refractivity contribution in [1.29, 1.82) is 0 Å². The van der Waals surface area contributed by atoms with Gasteiger partial charge in [0.2, 0.25) is 5.91 Å². The van der Waals surface area contributed by atoms with Crippen LogP contribution in [0.15, 0.2) is 28.8 Å². The van der Waals surface area contributed by atoms with E-state index in [4.69, 9.17) is 14.0 Å². The number of rotatable bonds is 6. The molecule has 1 aliphatic heterocycles. The lowest BCUT2D eigenvalue weighted by atomic mass is 9.91. The van der Waals surface area contributed by atoms with Crippen molar-refractivity contribution in [2.45, 2.75) is 19.4 Å². The maximum atomic E-state index is 12.9. The highest BCUT2D eigenvalue weighted by atomic mass is 16.5. The van der Waals surface area contributed by atoms with Crippen molar-refractivity contribution in [2.75, 3.05) is 26.1 Å². The summed E-state index contributed by atoms with van der Waals surface area (Å²) in [5.74, 6) is 0.500. The standard InChI is InChI=1S/C18H20N4O6/c1-10-7-14(21-28-10)19-15(23)9-22-16(24)18(2,20-17(22)25)11-5-6-12(26-3)13(8-11)27-4/h5-8H,9H2,1-4H3,(H,20,25)(H,19,21,23)/t18-/m1/s1. The Balaban J connectivity index is 1.79. The van der Waals surface area contributed by atoms with E-state index in [1.165, 1.54) is 20.3 Å². The van der Waals surface area contributed by atoms with Crippen molar-refractivity contribution in [2.24, 2.45) is 0 Å². The molecule has 1 atom stereocenters. The Labute approximate surface area is 160 Å². The van der Waals surface area contributed by atoms with E-state index in [1.54, 1.807) is 32.0 Å². The van der Waals surface area contributed by atoms with Crippen LogP contribution in [0.25, 0.3) is 0 Å². The summed E-state index contributed by atoms with van der Waals surface area (Å²) in [5.41, 5.74) is -0.847. The number of carbonyl (C=O) groups is 3. The zero-order chi connectivity index (χ0) is 20.5. The number of nitrogens with one attached hydrogen (secondary N) is 2. The SMILES string of the molecule is COc1ccc([C@@]2(C)NC(=O)N(CC(=O)Nc3cc(C)on3)C2=O)cc1OC. The van der Waals surface area contributed by atoms with Gasteiger partial charge in [0.05, 0.1) is 14.2 Å². The number of methoxy groups -OCH3 is 2. The molecule has 0 bridgehead atoms. The van der Waals surface area contributed by atoms with E-state index >= 15 is 0 Å². The molecule has 1 fully saturated rings. The van der Waals surface area contributed by atoms with Crippen LogP contribution in [0.4, 0.5) is 10.6 Å². The fourth-order valence-corrected chi connectivity index (χ4v) is 2.93. The molecule has 3 rings (SSSR count). The molecule has 0 saturated carbocycles. The molecule has 0 radical (unpaired) electrons. The molecule has 28 heavy (non-hydrogen) atoms. The molecule has 10 nitrogen and oxygen atoms in total. The van der Waals surface area contributed by atoms with Crippen molar-refractivity contribution in [3.8, 4) is 11.5 Å². The third-order valence-corrected chi connectivity index (χ3v) is 4.43. The molecule has 148 valence electrons. The molecule has 10 heteroatoms. The molecular weight excluding hydrogens is 368 g/mol. The molecule has 0 spiro atoms. The van der Waals surface area contributed by atoms with Gasteiger partial charge in [-0.2, -0.15) is 0 Å². The maximum Gasteiger partial charge on any atom is 0.325 e. The number of aromatic nitrogens is 1. The minimum atomic E-state index is -1.35. The van der Waals surface area contributed by atoms with Crippen LogP contribution in [-0.2, 0) is 15.1 Å². The number of ether oxygens (including phenoxy) is 2. The molecule has 0 unspecified atom stereocenters. The third-order valence-electron chi connectivity index (χ3n) is 4.43. The summed E-state index contributed by atoms with van der Waals surface area (Å²) in [6.45, 7) is 2.78. The quantitative estimate of drug-likeness (QED) is 0.717. The number of imide groups is 1. The first-order valence-corrected chi connectivity index (χ1v) is 8.38. The van der Waals surface area contributed by atoms with Crippen LogP contribution in [0, 0.1) is 6.92 Å². The van der Waals surface area contributed by atoms with Gasteiger partial charge in [-0.25, -0.2) is 4.79 Å². The molecular formula is C18H20N4O6. The third kappa shape index (κ3) is 3.36. The summed E-state index contributed by atoms with van der Waals surface area (Å²) in [5, 5.41) is 8.76. The summed E-state index contributed by atoms with van der Waals surface area (Å²) in [4.78, 5) is 38.4. The van der Waals surface area contributed by atoms with E-state index in [0.717, 1.165) is 4.90 Å². The molecule has 2 aromatic rings. The zero-order valence-electron chi connectivity index (χ0n) is 15.9. The van der Waals surface area contributed by atoms with Gasteiger partial charge in [0, 0.05) is 6.07 Å². The average molecular weight is 388 g/mol. The van der Waals surface area contributed by atoms with Gasteiger partial charge >= 0.3 is 6.03 Å². The predicted octanol–water partition coefficient (Wildman–Crippen LogP) is 1.41. The van der Waals surface area contributed by atoms with Crippen LogP contribution in [0.5, 0.6) is 11.5 Å². The average Bonchev–Trinajstić information content (AvgIpc) is 3.17. The lowest BCUT2D eigenvalue weighted by Gasteiger charge is -2.23. The number of benzene rings is 1. The topological polar surface area (TPSA) is 123 Å². The molecule has 1 saturated heterocycles. The van der Waals surface area contributed by atoms with Crippen LogP contribution in [0.3, 0.4) is 0 Å². The normalized spacial score (nSPS) is 18.8. The Morgan fingerprint density at radius 2 is 1.96 bits per heavy atom. The largest absolute Gasteiger partial charge is 0.493 e. The molecule has 1 aromatic heterocycles. The Bertz CT molecular complexity index is 940. The van der Waals surface area contributed by atoms with Gasteiger partial charge in [-0.05, 0) is 31.5 Å². The smallest absolute Gasteiger partial charge is 0.325 e. The number of amides is 4. The van der Waals surface area contributed by atoms with Crippen molar-refractivity contribution >= 4 is 23.7 Å². The van der Waals surface area contributed by atoms with Gasteiger partial charge in [0.25, 0.3) is 5.91 Å². The minimum Gasteiger partial charge on any atom is -0.493 e. The van der Waals surface area contributed by atoms with E-state index in [1.807, 2.05) is 0 Å². The van der Waals surface area contributed by atoms with E-state index in [9.17, 15) is 14.4 Å². The number of carbonyl (C=O) groups excluding carboxylic acids is 3. The highest BCUT2D eigenvalue weighted by Crippen LogP contribution is 2.35. The van der Waals surface area contributed by atoms with Crippen molar-refractivity contribution in [1.82, 2.24) is 15.4 Å². The summed E-state index contributed by atoms with van der Waals surface area (Å²) < 4.78 is 15.3. The Morgan fingerprint density at radius 1 is 1.25 bits per heavy atom. The molecule has 2 heterocycles. The second-order valence-electron chi connectivity index (χ2n) is 6.39. The van der Waals surface area contributed by atoms with E-state index in [0.29, 0.717) is 22.8 Å². The molecule has 1 aromatic carbocycles. The number of nitrogens with zero attached hydrogens (tertiary/aromatic N) is 2. The Kier molecular flexibility index (Phi) is 4.95. The fourth-order valence-electron chi connectivity index (χ4n) is 2.93. The number of hydrogen-bond donors (Lipinski definition) is 2. The van der Waals surface area contributed by atoms with E-state index in [-0.39, 0.29) is 5.82 Å². The van der Waals surface area contributed by atoms with Crippen LogP contribution in [0.2, 0.25) is 0 Å². The van der Waals surface area contributed by atoms with Gasteiger partial charge in [0.15, 0.2) is 17.3 Å². The number of urea groups is 1. The first-order valence-electron chi connectivity index (χ1n) is 8.38. The summed E-state index contributed by atoms with van der Waals surface area (Å²) in [6, 6.07) is 5.76. The summed E-state index contributed by atoms with van der Waals surface area (Å²) >= 11 is 0. The van der Waals surface area contributed by atoms with Crippen LogP contribution >= 0.6 is 0 Å². The Hall–Kier alpha value is -3.56. The number of aryl methyl sites for hydroxylation is 1. The van der Waals surface area contributed by atoms with Gasteiger partial charge in [0.1, 0.15) is 17.8 Å². The lowest BCUT2D eigenvalue weighted by molar-refractivity contribution is -0.133. The maximum absolute atomic E-state index is 12.9. The van der Waals surface area contributed by atoms with Gasteiger partial charge in [-0.3, -0.25) is 14.5 Å². The second-order valence-corrected chi connectivity index (χ2v) is 6.39. The number of hydrogen-bond acceptors (Lipinski definition) is 7. The van der Waals surface area contributed by atoms with Crippen LogP contribution in [0.1, 0.15) is 18.2 Å². The fraction of sp³-hybridized carbons (Fsp3) is 0.333. The van der Waals surface area contributed by atoms with Crippen LogP contribution < -0.4 is 20.1 Å². The minimum absolute atomic E-state index is 0.206. The zero-order valence-corrected chi connectivity index (χ0v) is 15.9. The predicted molar refractivity (Wildman–Crippen MR) is 97.0 cm³/mol. The number of anilines is 1. The molecule has 0 aliphatic carbocycles. The van der Waals surface area contributed by atoms with Gasteiger partial charge < -0.3 is 24.6 Å². The first-order chi connectivity index (χ1) is 13.3. The summed E-state index contributed by atoms with van der Waals surface area (Å²) in [6.07, 6.45) is 0. The highest BCUT2D eigenvalue weighted by molar-refractivity contribution is 6.10. The monoisotopic (exact) mass is 388 g/mol. The van der Waals surface area contributed by atoms with Crippen molar-refractivity contribution < 1.29 is 28.4 Å². The van der Waals surface area contributed by atoms with E-state index < -0.39 is 29.9 Å². The van der Waals surface area contributed by atoms with Crippen LogP contribution in [-0.4, -0.2) is 48.7 Å². The van der Waals surface area contributed by atoms with E-state index in [2.05, 4.69) is 15.8 Å². The Morgan fingerprint density at radius 3 is 2.57 bits per heavy atom. The molecule has 1 aliphatic rings. The van der Waals surface area contributed by atoms with Crippen molar-refractivity contribution in [3.05, 3.63) is 35.6 Å².